The summed E-state index contributed by atoms with van der Waals surface area (Å²) in [7, 11) is 0. The molecule has 0 aliphatic carbocycles. The monoisotopic (exact) mass is 459 g/mol. The zero-order valence-corrected chi connectivity index (χ0v) is 20.5. The molecule has 2 unspecified atom stereocenters. The van der Waals surface area contributed by atoms with Crippen molar-refractivity contribution < 1.29 is 24.2 Å². The van der Waals surface area contributed by atoms with Crippen LogP contribution in [0.2, 0.25) is 0 Å². The summed E-state index contributed by atoms with van der Waals surface area (Å²) in [5, 5.41) is 15.3. The highest BCUT2D eigenvalue weighted by molar-refractivity contribution is 5.93. The average Bonchev–Trinajstić information content (AvgIpc) is 2.69. The molecule has 0 saturated carbocycles. The predicted octanol–water partition coefficient (Wildman–Crippen LogP) is 3.71. The molecule has 1 rings (SSSR count). The van der Waals surface area contributed by atoms with Gasteiger partial charge in [0.25, 0.3) is 5.91 Å². The summed E-state index contributed by atoms with van der Waals surface area (Å²) in [4.78, 5) is 40.0. The first-order valence-corrected chi connectivity index (χ1v) is 11.2. The molecule has 8 nitrogen and oxygen atoms in total. The standard InChI is InChI=1S/C25H37N3O5/c1-8-10-14-26-22(30)21(18-12-11-13-19(29)16-18)28(9-2)23(31)20(15-17(3)4)27-24(32)33-25(5,6)7/h2,11-13,16-17,20-21,29H,8,10,14-15H2,1,3-7H3,(H,26,30)(H,27,32). The zero-order chi connectivity index (χ0) is 25.2. The van der Waals surface area contributed by atoms with Gasteiger partial charge >= 0.3 is 6.09 Å². The summed E-state index contributed by atoms with van der Waals surface area (Å²) in [6.45, 7) is 11.4. The van der Waals surface area contributed by atoms with Crippen LogP contribution < -0.4 is 10.6 Å². The van der Waals surface area contributed by atoms with E-state index in [0.29, 0.717) is 18.5 Å². The van der Waals surface area contributed by atoms with E-state index >= 15 is 0 Å². The van der Waals surface area contributed by atoms with E-state index in [0.717, 1.165) is 17.7 Å². The normalized spacial score (nSPS) is 12.9. The molecule has 0 aromatic heterocycles. The Labute approximate surface area is 197 Å². The first kappa shape index (κ1) is 27.8. The maximum absolute atomic E-state index is 13.5. The van der Waals surface area contributed by atoms with Gasteiger partial charge in [-0.05, 0) is 57.2 Å². The Kier molecular flexibility index (Phi) is 10.7. The van der Waals surface area contributed by atoms with E-state index in [2.05, 4.69) is 16.7 Å². The molecular formula is C25H37N3O5. The fourth-order valence-corrected chi connectivity index (χ4v) is 3.17. The number of hydrogen-bond donors (Lipinski definition) is 3. The maximum Gasteiger partial charge on any atom is 0.408 e. The van der Waals surface area contributed by atoms with Crippen molar-refractivity contribution in [2.75, 3.05) is 6.54 Å². The van der Waals surface area contributed by atoms with Crippen LogP contribution in [0, 0.1) is 18.4 Å². The first-order valence-electron chi connectivity index (χ1n) is 11.2. The van der Waals surface area contributed by atoms with Crippen molar-refractivity contribution in [1.29, 1.82) is 0 Å². The topological polar surface area (TPSA) is 108 Å². The highest BCUT2D eigenvalue weighted by Crippen LogP contribution is 2.25. The Bertz CT molecular complexity index is 854. The molecule has 8 heteroatoms. The van der Waals surface area contributed by atoms with E-state index in [1.807, 2.05) is 20.8 Å². The number of nitrogens with one attached hydrogen (secondary N) is 2. The van der Waals surface area contributed by atoms with Crippen LogP contribution in [0.15, 0.2) is 24.3 Å². The second-order valence-electron chi connectivity index (χ2n) is 9.31. The number of unbranched alkanes of at least 4 members (excludes halogenated alkanes) is 1. The molecule has 0 bridgehead atoms. The number of nitrogens with zero attached hydrogens (tertiary/aromatic N) is 1. The molecule has 1 aromatic rings. The molecule has 2 atom stereocenters. The van der Waals surface area contributed by atoms with Gasteiger partial charge in [0, 0.05) is 12.6 Å². The van der Waals surface area contributed by atoms with Gasteiger partial charge in [0.1, 0.15) is 23.4 Å². The molecule has 33 heavy (non-hydrogen) atoms. The molecule has 0 fully saturated rings. The molecule has 1 aromatic carbocycles. The Hall–Kier alpha value is -3.21. The quantitative estimate of drug-likeness (QED) is 0.281. The minimum atomic E-state index is -1.18. The van der Waals surface area contributed by atoms with E-state index in [4.69, 9.17) is 11.2 Å². The number of phenols is 1. The van der Waals surface area contributed by atoms with Crippen LogP contribution in [0.3, 0.4) is 0 Å². The van der Waals surface area contributed by atoms with Crippen molar-refractivity contribution >= 4 is 17.9 Å². The predicted molar refractivity (Wildman–Crippen MR) is 127 cm³/mol. The maximum atomic E-state index is 13.5. The van der Waals surface area contributed by atoms with Crippen molar-refractivity contribution in [3.05, 3.63) is 29.8 Å². The Morgan fingerprint density at radius 3 is 2.42 bits per heavy atom. The summed E-state index contributed by atoms with van der Waals surface area (Å²) in [5.41, 5.74) is -0.388. The number of benzene rings is 1. The third-order valence-electron chi connectivity index (χ3n) is 4.59. The highest BCUT2D eigenvalue weighted by atomic mass is 16.6. The van der Waals surface area contributed by atoms with Crippen LogP contribution in [-0.2, 0) is 14.3 Å². The van der Waals surface area contributed by atoms with Crippen molar-refractivity contribution in [2.45, 2.75) is 78.5 Å². The minimum Gasteiger partial charge on any atom is -0.508 e. The zero-order valence-electron chi connectivity index (χ0n) is 20.5. The van der Waals surface area contributed by atoms with E-state index in [-0.39, 0.29) is 11.7 Å². The molecule has 0 heterocycles. The third kappa shape index (κ3) is 9.44. The van der Waals surface area contributed by atoms with Crippen molar-refractivity contribution in [3.8, 4) is 18.2 Å². The number of hydrogen-bond acceptors (Lipinski definition) is 5. The Morgan fingerprint density at radius 2 is 1.91 bits per heavy atom. The highest BCUT2D eigenvalue weighted by Gasteiger charge is 2.36. The van der Waals surface area contributed by atoms with E-state index in [1.54, 1.807) is 32.9 Å². The van der Waals surface area contributed by atoms with Crippen molar-refractivity contribution in [2.24, 2.45) is 5.92 Å². The lowest BCUT2D eigenvalue weighted by molar-refractivity contribution is -0.138. The summed E-state index contributed by atoms with van der Waals surface area (Å²) in [6, 6.07) is 6.17. The smallest absolute Gasteiger partial charge is 0.408 e. The lowest BCUT2D eigenvalue weighted by Crippen LogP contribution is -2.52. The summed E-state index contributed by atoms with van der Waals surface area (Å²) < 4.78 is 5.30. The number of carbonyl (C=O) groups excluding carboxylic acids is 3. The molecule has 0 aliphatic heterocycles. The summed E-state index contributed by atoms with van der Waals surface area (Å²) in [6.07, 6.45) is 6.90. The second-order valence-corrected chi connectivity index (χ2v) is 9.31. The molecule has 0 saturated heterocycles. The Balaban J connectivity index is 3.31. The van der Waals surface area contributed by atoms with Gasteiger partial charge in [-0.15, -0.1) is 0 Å². The minimum absolute atomic E-state index is 0.0473. The number of ether oxygens (including phenoxy) is 1. The number of alkyl carbamates (subject to hydrolysis) is 1. The van der Waals surface area contributed by atoms with Crippen molar-refractivity contribution in [1.82, 2.24) is 15.5 Å². The summed E-state index contributed by atoms with van der Waals surface area (Å²) >= 11 is 0. The number of carbonyl (C=O) groups is 3. The molecular weight excluding hydrogens is 422 g/mol. The van der Waals surface area contributed by atoms with Gasteiger partial charge in [-0.2, -0.15) is 0 Å². The molecule has 3 amide bonds. The number of terminal acetylenes is 1. The lowest BCUT2D eigenvalue weighted by atomic mass is 9.99. The fourth-order valence-electron chi connectivity index (χ4n) is 3.17. The van der Waals surface area contributed by atoms with Gasteiger partial charge in [-0.1, -0.05) is 45.7 Å². The largest absolute Gasteiger partial charge is 0.508 e. The van der Waals surface area contributed by atoms with E-state index in [1.165, 1.54) is 12.1 Å². The Morgan fingerprint density at radius 1 is 1.24 bits per heavy atom. The molecule has 182 valence electrons. The molecule has 3 N–H and O–H groups in total. The van der Waals surface area contributed by atoms with Crippen LogP contribution in [0.4, 0.5) is 4.79 Å². The average molecular weight is 460 g/mol. The number of phenolic OH excluding ortho intramolecular Hbond substituents is 1. The van der Waals surface area contributed by atoms with Gasteiger partial charge in [0.15, 0.2) is 0 Å². The second kappa shape index (κ2) is 12.7. The summed E-state index contributed by atoms with van der Waals surface area (Å²) in [5.74, 6) is -1.10. The number of aromatic hydroxyl groups is 1. The fraction of sp³-hybridized carbons (Fsp3) is 0.560. The molecule has 0 spiro atoms. The van der Waals surface area contributed by atoms with Crippen LogP contribution >= 0.6 is 0 Å². The van der Waals surface area contributed by atoms with Gasteiger partial charge in [-0.25, -0.2) is 4.79 Å². The number of amides is 3. The third-order valence-corrected chi connectivity index (χ3v) is 4.59. The van der Waals surface area contributed by atoms with Crippen LogP contribution in [0.25, 0.3) is 0 Å². The van der Waals surface area contributed by atoms with Crippen LogP contribution in [-0.4, -0.2) is 46.1 Å². The van der Waals surface area contributed by atoms with Crippen molar-refractivity contribution in [3.63, 3.8) is 0 Å². The van der Waals surface area contributed by atoms with Gasteiger partial charge in [0.2, 0.25) is 5.91 Å². The van der Waals surface area contributed by atoms with Crippen LogP contribution in [0.5, 0.6) is 5.75 Å². The van der Waals surface area contributed by atoms with Gasteiger partial charge < -0.3 is 20.5 Å². The number of rotatable bonds is 10. The van der Waals surface area contributed by atoms with Gasteiger partial charge in [-0.3, -0.25) is 14.5 Å². The SMILES string of the molecule is C#CN(C(=O)C(CC(C)C)NC(=O)OC(C)(C)C)C(C(=O)NCCCC)c1cccc(O)c1. The first-order chi connectivity index (χ1) is 15.4. The van der Waals surface area contributed by atoms with E-state index in [9.17, 15) is 19.5 Å². The molecule has 0 radical (unpaired) electrons. The molecule has 0 aliphatic rings. The van der Waals surface area contributed by atoms with E-state index < -0.39 is 35.6 Å². The lowest BCUT2D eigenvalue weighted by Gasteiger charge is -2.31. The van der Waals surface area contributed by atoms with Crippen LogP contribution in [0.1, 0.15) is 72.4 Å². The van der Waals surface area contributed by atoms with Gasteiger partial charge in [0.05, 0.1) is 0 Å².